The molecule has 1 atom stereocenters. The van der Waals surface area contributed by atoms with Crippen molar-refractivity contribution in [3.8, 4) is 0 Å². The monoisotopic (exact) mass is 365 g/mol. The van der Waals surface area contributed by atoms with Crippen LogP contribution in [0.4, 0.5) is 4.79 Å². The van der Waals surface area contributed by atoms with Crippen LogP contribution in [0.3, 0.4) is 0 Å². The maximum Gasteiger partial charge on any atom is 0.409 e. The number of nitrogens with one attached hydrogen (secondary N) is 1. The van der Waals surface area contributed by atoms with Crippen LogP contribution in [-0.4, -0.2) is 78.6 Å². The Balaban J connectivity index is 2.07. The van der Waals surface area contributed by atoms with Crippen molar-refractivity contribution in [1.82, 2.24) is 14.8 Å². The first-order valence-corrected chi connectivity index (χ1v) is 8.79. The first-order valence-electron chi connectivity index (χ1n) is 8.79. The van der Waals surface area contributed by atoms with Gasteiger partial charge >= 0.3 is 12.1 Å². The third-order valence-electron chi connectivity index (χ3n) is 4.84. The van der Waals surface area contributed by atoms with Crippen LogP contribution in [0.15, 0.2) is 0 Å². The third-order valence-corrected chi connectivity index (χ3v) is 4.84. The highest BCUT2D eigenvalue weighted by molar-refractivity contribution is 6.03. The molecule has 144 valence electrons. The smallest absolute Gasteiger partial charge is 0.409 e. The zero-order valence-corrected chi connectivity index (χ0v) is 16.0. The van der Waals surface area contributed by atoms with Crippen molar-refractivity contribution in [2.24, 2.45) is 0 Å². The Morgan fingerprint density at radius 1 is 1.15 bits per heavy atom. The maximum absolute atomic E-state index is 12.9. The Bertz CT molecular complexity index is 689. The average Bonchev–Trinajstić information content (AvgIpc) is 2.94. The minimum absolute atomic E-state index is 0.0784. The molecule has 1 fully saturated rings. The number of nitrogens with zero attached hydrogens (tertiary/aromatic N) is 2. The number of piperazine rings is 1. The maximum atomic E-state index is 12.9. The van der Waals surface area contributed by atoms with E-state index in [2.05, 4.69) is 4.98 Å². The number of hydrogen-bond acceptors (Lipinski definition) is 6. The number of aryl methyl sites for hydroxylation is 1. The lowest BCUT2D eigenvalue weighted by molar-refractivity contribution is 0.0595. The summed E-state index contributed by atoms with van der Waals surface area (Å²) >= 11 is 0. The third kappa shape index (κ3) is 3.90. The zero-order valence-electron chi connectivity index (χ0n) is 16.0. The summed E-state index contributed by atoms with van der Waals surface area (Å²) in [6.45, 7) is 9.69. The summed E-state index contributed by atoms with van der Waals surface area (Å²) in [6.07, 6.45) is -0.315. The summed E-state index contributed by atoms with van der Waals surface area (Å²) in [5.74, 6) is -0.531. The Morgan fingerprint density at radius 2 is 1.77 bits per heavy atom. The van der Waals surface area contributed by atoms with Crippen molar-refractivity contribution >= 4 is 17.8 Å². The van der Waals surface area contributed by atoms with Crippen LogP contribution in [0.25, 0.3) is 0 Å². The summed E-state index contributed by atoms with van der Waals surface area (Å²) in [7, 11) is 1.32. The normalized spacial score (nSPS) is 16.3. The molecule has 1 aliphatic rings. The van der Waals surface area contributed by atoms with Crippen LogP contribution in [0.2, 0.25) is 0 Å². The summed E-state index contributed by atoms with van der Waals surface area (Å²) in [5.41, 5.74) is 2.08. The predicted octanol–water partition coefficient (Wildman–Crippen LogP) is 1.76. The van der Waals surface area contributed by atoms with Crippen molar-refractivity contribution in [3.05, 3.63) is 22.5 Å². The number of H-pyrrole nitrogens is 1. The molecular formula is C18H27N3O5. The molecule has 8 heteroatoms. The van der Waals surface area contributed by atoms with Crippen molar-refractivity contribution in [1.29, 1.82) is 0 Å². The molecule has 1 saturated heterocycles. The molecule has 1 aromatic heterocycles. The Kier molecular flexibility index (Phi) is 6.42. The molecule has 0 bridgehead atoms. The van der Waals surface area contributed by atoms with Crippen LogP contribution in [0.1, 0.15) is 46.0 Å². The molecule has 0 aliphatic carbocycles. The number of ether oxygens (including phenoxy) is 2. The van der Waals surface area contributed by atoms with Crippen LogP contribution in [-0.2, 0) is 9.47 Å². The molecule has 2 heterocycles. The van der Waals surface area contributed by atoms with E-state index in [9.17, 15) is 14.4 Å². The summed E-state index contributed by atoms with van der Waals surface area (Å²) in [6, 6.07) is -0.360. The topological polar surface area (TPSA) is 91.9 Å². The minimum atomic E-state index is -0.453. The quantitative estimate of drug-likeness (QED) is 0.631. The molecule has 0 unspecified atom stereocenters. The SMILES string of the molecule is CCOC(=O)N1CCN([C@H](C)C(=O)c2[nH]c(C)c(C(=O)OC)c2C)CC1. The lowest BCUT2D eigenvalue weighted by Crippen LogP contribution is -2.53. The molecule has 1 amide bonds. The van der Waals surface area contributed by atoms with Gasteiger partial charge in [-0.1, -0.05) is 0 Å². The lowest BCUT2D eigenvalue weighted by Gasteiger charge is -2.36. The van der Waals surface area contributed by atoms with E-state index in [4.69, 9.17) is 9.47 Å². The number of carbonyl (C=O) groups excluding carboxylic acids is 3. The first-order chi connectivity index (χ1) is 12.3. The number of aromatic nitrogens is 1. The van der Waals surface area contributed by atoms with Gasteiger partial charge in [-0.3, -0.25) is 9.69 Å². The molecule has 1 aromatic rings. The summed E-state index contributed by atoms with van der Waals surface area (Å²) in [4.78, 5) is 43.3. The first kappa shape index (κ1) is 20.0. The van der Waals surface area contributed by atoms with E-state index < -0.39 is 5.97 Å². The zero-order chi connectivity index (χ0) is 19.4. The highest BCUT2D eigenvalue weighted by Gasteiger charge is 2.31. The number of hydrogen-bond donors (Lipinski definition) is 1. The number of aromatic amines is 1. The van der Waals surface area contributed by atoms with Crippen LogP contribution >= 0.6 is 0 Å². The van der Waals surface area contributed by atoms with E-state index in [1.54, 1.807) is 25.7 Å². The van der Waals surface area contributed by atoms with Crippen molar-refractivity contribution < 1.29 is 23.9 Å². The molecule has 1 aliphatic heterocycles. The van der Waals surface area contributed by atoms with Gasteiger partial charge in [-0.25, -0.2) is 9.59 Å². The molecule has 0 radical (unpaired) electrons. The summed E-state index contributed by atoms with van der Waals surface area (Å²) in [5, 5.41) is 0. The average molecular weight is 365 g/mol. The van der Waals surface area contributed by atoms with Gasteiger partial charge in [0.1, 0.15) is 0 Å². The van der Waals surface area contributed by atoms with Crippen molar-refractivity contribution in [2.75, 3.05) is 39.9 Å². The Labute approximate surface area is 153 Å². The van der Waals surface area contributed by atoms with Crippen LogP contribution in [0, 0.1) is 13.8 Å². The second kappa shape index (κ2) is 8.35. The molecule has 26 heavy (non-hydrogen) atoms. The second-order valence-electron chi connectivity index (χ2n) is 6.38. The van der Waals surface area contributed by atoms with E-state index in [0.717, 1.165) is 0 Å². The predicted molar refractivity (Wildman–Crippen MR) is 95.6 cm³/mol. The van der Waals surface area contributed by atoms with Crippen LogP contribution in [0.5, 0.6) is 0 Å². The van der Waals surface area contributed by atoms with Gasteiger partial charge in [0, 0.05) is 31.9 Å². The molecule has 8 nitrogen and oxygen atoms in total. The fourth-order valence-corrected chi connectivity index (χ4v) is 3.29. The van der Waals surface area contributed by atoms with E-state index in [0.29, 0.717) is 55.3 Å². The van der Waals surface area contributed by atoms with E-state index in [1.165, 1.54) is 7.11 Å². The van der Waals surface area contributed by atoms with Gasteiger partial charge in [0.15, 0.2) is 5.78 Å². The molecule has 0 spiro atoms. The highest BCUT2D eigenvalue weighted by atomic mass is 16.6. The molecule has 1 N–H and O–H groups in total. The van der Waals surface area contributed by atoms with E-state index in [-0.39, 0.29) is 17.9 Å². The number of amides is 1. The van der Waals surface area contributed by atoms with Crippen molar-refractivity contribution in [2.45, 2.75) is 33.7 Å². The number of rotatable bonds is 5. The van der Waals surface area contributed by atoms with E-state index in [1.807, 2.05) is 11.8 Å². The summed E-state index contributed by atoms with van der Waals surface area (Å²) < 4.78 is 9.80. The standard InChI is InChI=1S/C18H27N3O5/c1-6-26-18(24)21-9-7-20(8-10-21)13(4)16(22)15-11(2)14(12(3)19-15)17(23)25-5/h13,19H,6-10H2,1-5H3/t13-/m1/s1. The van der Waals surface area contributed by atoms with Crippen LogP contribution < -0.4 is 0 Å². The number of methoxy groups -OCH3 is 1. The lowest BCUT2D eigenvalue weighted by atomic mass is 10.0. The fraction of sp³-hybridized carbons (Fsp3) is 0.611. The Morgan fingerprint density at radius 3 is 2.31 bits per heavy atom. The van der Waals surface area contributed by atoms with Gasteiger partial charge in [0.2, 0.25) is 0 Å². The molecular weight excluding hydrogens is 338 g/mol. The van der Waals surface area contributed by atoms with Gasteiger partial charge in [-0.05, 0) is 33.3 Å². The van der Waals surface area contributed by atoms with Crippen molar-refractivity contribution in [3.63, 3.8) is 0 Å². The van der Waals surface area contributed by atoms with Gasteiger partial charge in [-0.2, -0.15) is 0 Å². The Hall–Kier alpha value is -2.35. The van der Waals surface area contributed by atoms with Gasteiger partial charge < -0.3 is 19.4 Å². The van der Waals surface area contributed by atoms with E-state index >= 15 is 0 Å². The number of ketones is 1. The van der Waals surface area contributed by atoms with Gasteiger partial charge in [-0.15, -0.1) is 0 Å². The molecule has 0 aromatic carbocycles. The largest absolute Gasteiger partial charge is 0.465 e. The van der Waals surface area contributed by atoms with Gasteiger partial charge in [0.05, 0.1) is 31.0 Å². The molecule has 2 rings (SSSR count). The number of carbonyl (C=O) groups is 3. The second-order valence-corrected chi connectivity index (χ2v) is 6.38. The molecule has 0 saturated carbocycles. The number of Topliss-reactive ketones (excluding diaryl/α,β-unsaturated/α-hetero) is 1. The van der Waals surface area contributed by atoms with Gasteiger partial charge in [0.25, 0.3) is 0 Å². The highest BCUT2D eigenvalue weighted by Crippen LogP contribution is 2.21. The minimum Gasteiger partial charge on any atom is -0.465 e. The number of esters is 1. The fourth-order valence-electron chi connectivity index (χ4n) is 3.29.